The van der Waals surface area contributed by atoms with Crippen LogP contribution in [0.15, 0.2) is 18.2 Å². The summed E-state index contributed by atoms with van der Waals surface area (Å²) in [6, 6.07) is 5.92. The average Bonchev–Trinajstić information content (AvgIpc) is 2.45. The van der Waals surface area contributed by atoms with Crippen LogP contribution < -0.4 is 14.8 Å². The molecule has 0 unspecified atom stereocenters. The van der Waals surface area contributed by atoms with E-state index in [1.165, 1.54) is 0 Å². The maximum Gasteiger partial charge on any atom is 0.165 e. The highest BCUT2D eigenvalue weighted by molar-refractivity contribution is 5.46. The Balaban J connectivity index is 2.55. The van der Waals surface area contributed by atoms with Crippen LogP contribution in [0.3, 0.4) is 0 Å². The van der Waals surface area contributed by atoms with Gasteiger partial charge in [-0.2, -0.15) is 0 Å². The number of benzene rings is 1. The molecule has 0 spiro atoms. The summed E-state index contributed by atoms with van der Waals surface area (Å²) >= 11 is 0. The maximum absolute atomic E-state index is 5.82. The molecule has 0 heterocycles. The van der Waals surface area contributed by atoms with Crippen molar-refractivity contribution in [3.8, 4) is 11.5 Å². The van der Waals surface area contributed by atoms with Gasteiger partial charge in [-0.05, 0) is 20.0 Å². The smallest absolute Gasteiger partial charge is 0.165 e. The minimum Gasteiger partial charge on any atom is -0.490 e. The molecule has 0 fully saturated rings. The second-order valence-electron chi connectivity index (χ2n) is 4.16. The van der Waals surface area contributed by atoms with E-state index >= 15 is 0 Å². The van der Waals surface area contributed by atoms with Crippen LogP contribution in [0.4, 0.5) is 0 Å². The van der Waals surface area contributed by atoms with Crippen molar-refractivity contribution in [1.82, 2.24) is 5.32 Å². The van der Waals surface area contributed by atoms with Gasteiger partial charge in [0.05, 0.1) is 26.4 Å². The van der Waals surface area contributed by atoms with Gasteiger partial charge in [-0.15, -0.1) is 0 Å². The Morgan fingerprint density at radius 1 is 1.05 bits per heavy atom. The van der Waals surface area contributed by atoms with Gasteiger partial charge in [-0.1, -0.05) is 12.1 Å². The molecule has 0 aliphatic rings. The van der Waals surface area contributed by atoms with Crippen molar-refractivity contribution in [3.05, 3.63) is 23.8 Å². The average molecular weight is 283 g/mol. The van der Waals surface area contributed by atoms with E-state index in [4.69, 9.17) is 18.9 Å². The van der Waals surface area contributed by atoms with Crippen LogP contribution in [0.25, 0.3) is 0 Å². The van der Waals surface area contributed by atoms with Gasteiger partial charge in [-0.25, -0.2) is 0 Å². The number of nitrogens with one attached hydrogen (secondary N) is 1. The zero-order chi connectivity index (χ0) is 14.6. The van der Waals surface area contributed by atoms with E-state index in [0.29, 0.717) is 33.0 Å². The second kappa shape index (κ2) is 10.5. The summed E-state index contributed by atoms with van der Waals surface area (Å²) in [5.41, 5.74) is 1.08. The van der Waals surface area contributed by atoms with Crippen molar-refractivity contribution < 1.29 is 18.9 Å². The molecule has 114 valence electrons. The van der Waals surface area contributed by atoms with E-state index in [-0.39, 0.29) is 0 Å². The van der Waals surface area contributed by atoms with Gasteiger partial charge < -0.3 is 24.3 Å². The zero-order valence-electron chi connectivity index (χ0n) is 12.6. The lowest BCUT2D eigenvalue weighted by Gasteiger charge is -2.16. The predicted molar refractivity (Wildman–Crippen MR) is 78.6 cm³/mol. The lowest BCUT2D eigenvalue weighted by atomic mass is 10.2. The van der Waals surface area contributed by atoms with Crippen LogP contribution in [-0.4, -0.2) is 47.2 Å². The Hall–Kier alpha value is -1.30. The van der Waals surface area contributed by atoms with Crippen LogP contribution in [0, 0.1) is 0 Å². The first kappa shape index (κ1) is 16.8. The minimum atomic E-state index is 0.491. The third-order valence-corrected chi connectivity index (χ3v) is 2.63. The van der Waals surface area contributed by atoms with E-state index < -0.39 is 0 Å². The summed E-state index contributed by atoms with van der Waals surface area (Å²) in [4.78, 5) is 0. The molecule has 0 saturated heterocycles. The molecular formula is C15H25NO4. The predicted octanol–water partition coefficient (Wildman–Crippen LogP) is 1.85. The van der Waals surface area contributed by atoms with Gasteiger partial charge >= 0.3 is 0 Å². The summed E-state index contributed by atoms with van der Waals surface area (Å²) in [5.74, 6) is 1.57. The molecule has 0 aromatic heterocycles. The molecule has 1 rings (SSSR count). The van der Waals surface area contributed by atoms with Crippen molar-refractivity contribution >= 4 is 0 Å². The Kier molecular flexibility index (Phi) is 8.78. The fraction of sp³-hybridized carbons (Fsp3) is 0.600. The monoisotopic (exact) mass is 283 g/mol. The number of hydrogen-bond donors (Lipinski definition) is 1. The summed E-state index contributed by atoms with van der Waals surface area (Å²) in [7, 11) is 3.56. The number of rotatable bonds is 11. The number of methoxy groups -OCH3 is 1. The number of ether oxygens (including phenoxy) is 4. The van der Waals surface area contributed by atoms with Crippen molar-refractivity contribution in [1.29, 1.82) is 0 Å². The maximum atomic E-state index is 5.82. The van der Waals surface area contributed by atoms with E-state index in [0.717, 1.165) is 23.6 Å². The van der Waals surface area contributed by atoms with Crippen molar-refractivity contribution in [3.63, 3.8) is 0 Å². The normalized spacial score (nSPS) is 10.6. The Morgan fingerprint density at radius 2 is 1.85 bits per heavy atom. The molecule has 1 aromatic carbocycles. The fourth-order valence-corrected chi connectivity index (χ4v) is 1.77. The van der Waals surface area contributed by atoms with Crippen LogP contribution in [0.2, 0.25) is 0 Å². The zero-order valence-corrected chi connectivity index (χ0v) is 12.6. The van der Waals surface area contributed by atoms with Gasteiger partial charge in [0.25, 0.3) is 0 Å². The molecule has 5 nitrogen and oxygen atoms in total. The molecule has 0 atom stereocenters. The van der Waals surface area contributed by atoms with Crippen molar-refractivity contribution in [2.45, 2.75) is 13.5 Å². The number of hydrogen-bond acceptors (Lipinski definition) is 5. The Labute approximate surface area is 121 Å². The molecule has 5 heteroatoms. The first-order valence-corrected chi connectivity index (χ1v) is 6.92. The van der Waals surface area contributed by atoms with Gasteiger partial charge in [-0.3, -0.25) is 0 Å². The second-order valence-corrected chi connectivity index (χ2v) is 4.16. The summed E-state index contributed by atoms with van der Waals surface area (Å²) < 4.78 is 21.7. The van der Waals surface area contributed by atoms with Crippen LogP contribution in [0.5, 0.6) is 11.5 Å². The van der Waals surface area contributed by atoms with Crippen molar-refractivity contribution in [2.75, 3.05) is 47.2 Å². The molecule has 0 aliphatic carbocycles. The summed E-state index contributed by atoms with van der Waals surface area (Å²) in [5, 5.41) is 3.13. The van der Waals surface area contributed by atoms with Crippen molar-refractivity contribution in [2.24, 2.45) is 0 Å². The largest absolute Gasteiger partial charge is 0.490 e. The van der Waals surface area contributed by atoms with E-state index in [1.807, 2.05) is 32.2 Å². The molecule has 1 aromatic rings. The van der Waals surface area contributed by atoms with Crippen LogP contribution >= 0.6 is 0 Å². The van der Waals surface area contributed by atoms with Gasteiger partial charge in [0.1, 0.15) is 6.61 Å². The van der Waals surface area contributed by atoms with Gasteiger partial charge in [0.2, 0.25) is 0 Å². The van der Waals surface area contributed by atoms with E-state index in [9.17, 15) is 0 Å². The Bertz CT molecular complexity index is 347. The molecule has 0 aliphatic heterocycles. The summed E-state index contributed by atoms with van der Waals surface area (Å²) in [6.07, 6.45) is 0. The lowest BCUT2D eigenvalue weighted by molar-refractivity contribution is 0.0537. The first-order valence-electron chi connectivity index (χ1n) is 6.92. The highest BCUT2D eigenvalue weighted by Gasteiger charge is 2.10. The van der Waals surface area contributed by atoms with Gasteiger partial charge in [0.15, 0.2) is 11.5 Å². The third-order valence-electron chi connectivity index (χ3n) is 2.63. The highest BCUT2D eigenvalue weighted by Crippen LogP contribution is 2.31. The quantitative estimate of drug-likeness (QED) is 0.628. The molecule has 1 N–H and O–H groups in total. The fourth-order valence-electron chi connectivity index (χ4n) is 1.77. The Morgan fingerprint density at radius 3 is 2.55 bits per heavy atom. The van der Waals surface area contributed by atoms with Crippen LogP contribution in [-0.2, 0) is 16.0 Å². The molecule has 0 radical (unpaired) electrons. The molecule has 20 heavy (non-hydrogen) atoms. The SMILES string of the molecule is CCOc1cccc(CNC)c1OCCOCCOC. The highest BCUT2D eigenvalue weighted by atomic mass is 16.5. The topological polar surface area (TPSA) is 49.0 Å². The van der Waals surface area contributed by atoms with E-state index in [1.54, 1.807) is 7.11 Å². The molecule has 0 bridgehead atoms. The molecule has 0 saturated carbocycles. The first-order chi connectivity index (χ1) is 9.83. The van der Waals surface area contributed by atoms with Crippen LogP contribution in [0.1, 0.15) is 12.5 Å². The van der Waals surface area contributed by atoms with Gasteiger partial charge in [0, 0.05) is 19.2 Å². The molecular weight excluding hydrogens is 258 g/mol. The lowest BCUT2D eigenvalue weighted by Crippen LogP contribution is -2.13. The standard InChI is InChI=1S/C15H25NO4/c1-4-19-14-7-5-6-13(12-16-2)15(14)20-11-10-18-9-8-17-3/h5-7,16H,4,8-12H2,1-3H3. The summed E-state index contributed by atoms with van der Waals surface area (Å²) in [6.45, 7) is 5.51. The third kappa shape index (κ3) is 5.77. The number of para-hydroxylation sites is 1. The minimum absolute atomic E-state index is 0.491. The van der Waals surface area contributed by atoms with E-state index in [2.05, 4.69) is 5.32 Å². The molecule has 0 amide bonds.